The highest BCUT2D eigenvalue weighted by atomic mass is 79.9. The van der Waals surface area contributed by atoms with E-state index in [0.717, 1.165) is 22.2 Å². The summed E-state index contributed by atoms with van der Waals surface area (Å²) in [5.74, 6) is -1.03. The maximum absolute atomic E-state index is 12.7. The van der Waals surface area contributed by atoms with Gasteiger partial charge in [0.05, 0.1) is 0 Å². The molecule has 1 unspecified atom stereocenters. The van der Waals surface area contributed by atoms with Crippen LogP contribution in [0.15, 0.2) is 28.7 Å². The van der Waals surface area contributed by atoms with Gasteiger partial charge in [0.2, 0.25) is 11.8 Å². The van der Waals surface area contributed by atoms with Gasteiger partial charge in [0.1, 0.15) is 11.6 Å². The van der Waals surface area contributed by atoms with Gasteiger partial charge in [0.25, 0.3) is 5.91 Å². The lowest BCUT2D eigenvalue weighted by Gasteiger charge is -2.23. The number of hydrogen-bond donors (Lipinski definition) is 3. The number of nitrogens with zero attached hydrogens (tertiary/aromatic N) is 1. The van der Waals surface area contributed by atoms with Gasteiger partial charge in [-0.15, -0.1) is 0 Å². The fraction of sp³-hybridized carbons (Fsp3) is 0.474. The molecule has 3 rings (SSSR count). The van der Waals surface area contributed by atoms with Gasteiger partial charge in [-0.2, -0.15) is 0 Å². The molecule has 0 radical (unpaired) electrons. The van der Waals surface area contributed by atoms with Crippen molar-refractivity contribution in [2.45, 2.75) is 50.6 Å². The van der Waals surface area contributed by atoms with Crippen molar-refractivity contribution in [2.75, 3.05) is 11.9 Å². The van der Waals surface area contributed by atoms with Crippen molar-refractivity contribution in [2.24, 2.45) is 0 Å². The van der Waals surface area contributed by atoms with Crippen LogP contribution in [0.2, 0.25) is 0 Å². The first-order chi connectivity index (χ1) is 13.3. The molecule has 0 aromatic heterocycles. The molecule has 2 aliphatic rings. The van der Waals surface area contributed by atoms with Gasteiger partial charge in [0, 0.05) is 23.1 Å². The Balaban J connectivity index is 1.48. The number of rotatable bonds is 6. The molecule has 8 nitrogen and oxygen atoms in total. The lowest BCUT2D eigenvalue weighted by Crippen LogP contribution is -2.50. The first kappa shape index (κ1) is 20.3. The number of halogens is 1. The van der Waals surface area contributed by atoms with E-state index >= 15 is 0 Å². The molecule has 5 amide bonds. The topological polar surface area (TPSA) is 108 Å². The van der Waals surface area contributed by atoms with Crippen molar-refractivity contribution >= 4 is 45.4 Å². The largest absolute Gasteiger partial charge is 0.354 e. The molecule has 9 heteroatoms. The van der Waals surface area contributed by atoms with Crippen LogP contribution in [-0.2, 0) is 14.4 Å². The number of carbonyl (C=O) groups excluding carboxylic acids is 4. The smallest absolute Gasteiger partial charge is 0.325 e. The van der Waals surface area contributed by atoms with Crippen LogP contribution in [0.25, 0.3) is 0 Å². The molecule has 1 aromatic carbocycles. The fourth-order valence-electron chi connectivity index (χ4n) is 3.63. The molecule has 3 N–H and O–H groups in total. The van der Waals surface area contributed by atoms with Gasteiger partial charge in [-0.1, -0.05) is 28.8 Å². The zero-order valence-corrected chi connectivity index (χ0v) is 17.2. The fourth-order valence-corrected chi connectivity index (χ4v) is 3.90. The predicted molar refractivity (Wildman–Crippen MR) is 106 cm³/mol. The maximum Gasteiger partial charge on any atom is 0.325 e. The number of imide groups is 1. The lowest BCUT2D eigenvalue weighted by atomic mass is 9.97. The normalized spacial score (nSPS) is 18.9. The summed E-state index contributed by atoms with van der Waals surface area (Å²) in [6, 6.07) is 5.70. The van der Waals surface area contributed by atoms with Gasteiger partial charge in [-0.05, 0) is 44.0 Å². The van der Waals surface area contributed by atoms with Crippen LogP contribution in [0.3, 0.4) is 0 Å². The zero-order chi connectivity index (χ0) is 20.3. The Bertz CT molecular complexity index is 790. The zero-order valence-electron chi connectivity index (χ0n) is 15.6. The summed E-state index contributed by atoms with van der Waals surface area (Å²) in [6.45, 7) is 1.63. The summed E-state index contributed by atoms with van der Waals surface area (Å²) in [5, 5.41) is 8.12. The predicted octanol–water partition coefficient (Wildman–Crippen LogP) is 2.15. The van der Waals surface area contributed by atoms with Crippen LogP contribution in [-0.4, -0.2) is 46.8 Å². The molecule has 1 spiro atoms. The first-order valence-corrected chi connectivity index (χ1v) is 10.1. The number of urea groups is 1. The molecule has 28 heavy (non-hydrogen) atoms. The van der Waals surface area contributed by atoms with E-state index in [1.807, 2.05) is 12.1 Å². The van der Waals surface area contributed by atoms with E-state index in [0.29, 0.717) is 18.5 Å². The molecule has 1 aliphatic heterocycles. The number of nitrogens with one attached hydrogen (secondary N) is 3. The Hall–Kier alpha value is -2.42. The Labute approximate surface area is 171 Å². The quantitative estimate of drug-likeness (QED) is 0.576. The van der Waals surface area contributed by atoms with Gasteiger partial charge in [0.15, 0.2) is 0 Å². The third kappa shape index (κ3) is 4.19. The monoisotopic (exact) mass is 450 g/mol. The molecule has 1 atom stereocenters. The van der Waals surface area contributed by atoms with Crippen molar-refractivity contribution < 1.29 is 19.2 Å². The molecular formula is C19H23BrN4O4. The minimum absolute atomic E-state index is 0.0819. The van der Waals surface area contributed by atoms with E-state index in [4.69, 9.17) is 0 Å². The minimum atomic E-state index is -0.929. The second-order valence-electron chi connectivity index (χ2n) is 7.17. The molecule has 150 valence electrons. The van der Waals surface area contributed by atoms with E-state index in [1.165, 1.54) is 6.92 Å². The number of amides is 5. The van der Waals surface area contributed by atoms with Crippen LogP contribution in [0.5, 0.6) is 0 Å². The van der Waals surface area contributed by atoms with Crippen molar-refractivity contribution in [3.05, 3.63) is 28.7 Å². The van der Waals surface area contributed by atoms with Crippen molar-refractivity contribution in [1.29, 1.82) is 0 Å². The lowest BCUT2D eigenvalue weighted by molar-refractivity contribution is -0.137. The number of anilines is 1. The molecular weight excluding hydrogens is 428 g/mol. The van der Waals surface area contributed by atoms with E-state index in [1.54, 1.807) is 12.1 Å². The highest BCUT2D eigenvalue weighted by Crippen LogP contribution is 2.35. The minimum Gasteiger partial charge on any atom is -0.354 e. The molecule has 0 bridgehead atoms. The Morgan fingerprint density at radius 2 is 1.86 bits per heavy atom. The summed E-state index contributed by atoms with van der Waals surface area (Å²) in [6.07, 6.45) is 3.07. The number of benzene rings is 1. The van der Waals surface area contributed by atoms with Gasteiger partial charge in [-0.3, -0.25) is 14.4 Å². The Morgan fingerprint density at radius 1 is 1.21 bits per heavy atom. The van der Waals surface area contributed by atoms with Crippen molar-refractivity contribution in [1.82, 2.24) is 15.5 Å². The molecule has 1 aromatic rings. The maximum atomic E-state index is 12.7. The van der Waals surface area contributed by atoms with Gasteiger partial charge < -0.3 is 16.0 Å². The van der Waals surface area contributed by atoms with Crippen LogP contribution in [0, 0.1) is 0 Å². The Kier molecular flexibility index (Phi) is 6.02. The van der Waals surface area contributed by atoms with Crippen LogP contribution in [0.4, 0.5) is 10.5 Å². The summed E-state index contributed by atoms with van der Waals surface area (Å²) in [5.41, 5.74) is -0.176. The average Bonchev–Trinajstić information content (AvgIpc) is 3.21. The summed E-state index contributed by atoms with van der Waals surface area (Å²) in [4.78, 5) is 50.3. The van der Waals surface area contributed by atoms with Crippen LogP contribution >= 0.6 is 15.9 Å². The first-order valence-electron chi connectivity index (χ1n) is 9.31. The third-order valence-corrected chi connectivity index (χ3v) is 5.72. The van der Waals surface area contributed by atoms with E-state index in [-0.39, 0.29) is 24.8 Å². The number of hydrogen-bond acceptors (Lipinski definition) is 4. The second-order valence-corrected chi connectivity index (χ2v) is 8.08. The molecule has 1 aliphatic carbocycles. The SMILES string of the molecule is CC(C(=O)NCCC(=O)Nc1ccc(Br)cc1)N1C(=O)NC2(CCCC2)C1=O. The molecule has 1 heterocycles. The number of carbonyl (C=O) groups is 4. The van der Waals surface area contributed by atoms with E-state index < -0.39 is 23.5 Å². The highest BCUT2D eigenvalue weighted by Gasteiger charge is 2.54. The molecule has 2 fully saturated rings. The average molecular weight is 451 g/mol. The van der Waals surface area contributed by atoms with Gasteiger partial charge in [-0.25, -0.2) is 9.69 Å². The summed E-state index contributed by atoms with van der Waals surface area (Å²) >= 11 is 3.32. The van der Waals surface area contributed by atoms with Crippen molar-refractivity contribution in [3.8, 4) is 0 Å². The Morgan fingerprint density at radius 3 is 2.50 bits per heavy atom. The van der Waals surface area contributed by atoms with E-state index in [2.05, 4.69) is 31.9 Å². The third-order valence-electron chi connectivity index (χ3n) is 5.20. The molecule has 1 saturated carbocycles. The van der Waals surface area contributed by atoms with E-state index in [9.17, 15) is 19.2 Å². The molecule has 1 saturated heterocycles. The summed E-state index contributed by atoms with van der Waals surface area (Å²) < 4.78 is 0.909. The van der Waals surface area contributed by atoms with Crippen LogP contribution in [0.1, 0.15) is 39.0 Å². The standard InChI is InChI=1S/C19H23BrN4O4/c1-12(24-17(27)19(23-18(24)28)9-2-3-10-19)16(26)21-11-8-15(25)22-14-6-4-13(20)5-7-14/h4-7,12H,2-3,8-11H2,1H3,(H,21,26)(H,22,25)(H,23,28). The second kappa shape index (κ2) is 8.30. The van der Waals surface area contributed by atoms with Crippen molar-refractivity contribution in [3.63, 3.8) is 0 Å². The van der Waals surface area contributed by atoms with Gasteiger partial charge >= 0.3 is 6.03 Å². The van der Waals surface area contributed by atoms with Crippen LogP contribution < -0.4 is 16.0 Å². The summed E-state index contributed by atoms with van der Waals surface area (Å²) in [7, 11) is 0. The highest BCUT2D eigenvalue weighted by molar-refractivity contribution is 9.10.